The van der Waals surface area contributed by atoms with Gasteiger partial charge in [-0.05, 0) is 43.3 Å². The molecular formula is C10H10Br2F2. The SMILES string of the molecule is CC(C)(C)c1c(F)c(Br)cc(Br)c1F. The zero-order chi connectivity index (χ0) is 11.1. The molecule has 1 aromatic carbocycles. The first kappa shape index (κ1) is 12.1. The number of benzene rings is 1. The van der Waals surface area contributed by atoms with E-state index in [0.29, 0.717) is 0 Å². The van der Waals surface area contributed by atoms with Gasteiger partial charge in [0.25, 0.3) is 0 Å². The van der Waals surface area contributed by atoms with Crippen LogP contribution in [0.25, 0.3) is 0 Å². The monoisotopic (exact) mass is 326 g/mol. The summed E-state index contributed by atoms with van der Waals surface area (Å²) in [6, 6.07) is 1.37. The summed E-state index contributed by atoms with van der Waals surface area (Å²) in [4.78, 5) is 0. The van der Waals surface area contributed by atoms with Crippen molar-refractivity contribution < 1.29 is 8.78 Å². The number of hydrogen-bond donors (Lipinski definition) is 0. The summed E-state index contributed by atoms with van der Waals surface area (Å²) < 4.78 is 27.8. The van der Waals surface area contributed by atoms with Crippen LogP contribution in [-0.4, -0.2) is 0 Å². The fourth-order valence-corrected chi connectivity index (χ4v) is 2.39. The molecule has 0 aliphatic rings. The van der Waals surface area contributed by atoms with Crippen LogP contribution in [0.1, 0.15) is 26.3 Å². The Morgan fingerprint density at radius 1 is 1.00 bits per heavy atom. The average molecular weight is 328 g/mol. The molecule has 0 heterocycles. The Labute approximate surface area is 99.0 Å². The average Bonchev–Trinajstić information content (AvgIpc) is 1.98. The molecule has 0 spiro atoms. The molecule has 4 heteroatoms. The highest BCUT2D eigenvalue weighted by Gasteiger charge is 2.26. The first-order valence-electron chi connectivity index (χ1n) is 4.08. The van der Waals surface area contributed by atoms with Crippen molar-refractivity contribution >= 4 is 31.9 Å². The predicted molar refractivity (Wildman–Crippen MR) is 60.5 cm³/mol. The smallest absolute Gasteiger partial charge is 0.144 e. The summed E-state index contributed by atoms with van der Waals surface area (Å²) in [6.07, 6.45) is 0. The van der Waals surface area contributed by atoms with E-state index in [1.165, 1.54) is 6.07 Å². The van der Waals surface area contributed by atoms with Crippen LogP contribution in [0.3, 0.4) is 0 Å². The highest BCUT2D eigenvalue weighted by molar-refractivity contribution is 9.11. The maximum Gasteiger partial charge on any atom is 0.144 e. The Kier molecular flexibility index (Phi) is 3.37. The highest BCUT2D eigenvalue weighted by Crippen LogP contribution is 2.35. The molecule has 0 N–H and O–H groups in total. The second-order valence-corrected chi connectivity index (χ2v) is 5.80. The summed E-state index contributed by atoms with van der Waals surface area (Å²) in [7, 11) is 0. The minimum absolute atomic E-state index is 0.0961. The first-order chi connectivity index (χ1) is 6.25. The Bertz CT molecular complexity index is 341. The molecule has 0 radical (unpaired) electrons. The van der Waals surface area contributed by atoms with E-state index < -0.39 is 17.0 Å². The van der Waals surface area contributed by atoms with E-state index in [9.17, 15) is 8.78 Å². The fraction of sp³-hybridized carbons (Fsp3) is 0.400. The van der Waals surface area contributed by atoms with Crippen LogP contribution in [0.5, 0.6) is 0 Å². The van der Waals surface area contributed by atoms with Crippen molar-refractivity contribution in [3.8, 4) is 0 Å². The van der Waals surface area contributed by atoms with Crippen molar-refractivity contribution in [1.29, 1.82) is 0 Å². The van der Waals surface area contributed by atoms with Gasteiger partial charge in [-0.3, -0.25) is 0 Å². The molecule has 0 amide bonds. The molecular weight excluding hydrogens is 318 g/mol. The van der Waals surface area contributed by atoms with Gasteiger partial charge in [0.1, 0.15) is 11.6 Å². The molecule has 1 aromatic rings. The topological polar surface area (TPSA) is 0 Å². The molecule has 0 aliphatic heterocycles. The summed E-state index contributed by atoms with van der Waals surface area (Å²) in [5, 5.41) is 0. The lowest BCUT2D eigenvalue weighted by atomic mass is 9.86. The van der Waals surface area contributed by atoms with Crippen molar-refractivity contribution in [2.75, 3.05) is 0 Å². The van der Waals surface area contributed by atoms with Gasteiger partial charge in [0.2, 0.25) is 0 Å². The highest BCUT2D eigenvalue weighted by atomic mass is 79.9. The van der Waals surface area contributed by atoms with Gasteiger partial charge in [0.05, 0.1) is 8.95 Å². The third-order valence-corrected chi connectivity index (χ3v) is 3.02. The standard InChI is InChI=1S/C10H10Br2F2/c1-10(2,3)7-8(13)5(11)4-6(12)9(7)14/h4H,1-3H3. The molecule has 0 atom stereocenters. The number of hydrogen-bond acceptors (Lipinski definition) is 0. The lowest BCUT2D eigenvalue weighted by molar-refractivity contribution is 0.470. The summed E-state index contributed by atoms with van der Waals surface area (Å²) in [5.74, 6) is -1.06. The van der Waals surface area contributed by atoms with Gasteiger partial charge in [-0.25, -0.2) is 8.78 Å². The zero-order valence-corrected chi connectivity index (χ0v) is 11.3. The van der Waals surface area contributed by atoms with E-state index in [1.807, 2.05) is 0 Å². The quantitative estimate of drug-likeness (QED) is 0.601. The van der Waals surface area contributed by atoms with E-state index in [1.54, 1.807) is 20.8 Å². The van der Waals surface area contributed by atoms with Crippen LogP contribution in [0.15, 0.2) is 15.0 Å². The summed E-state index contributed by atoms with van der Waals surface area (Å²) in [6.45, 7) is 5.31. The summed E-state index contributed by atoms with van der Waals surface area (Å²) in [5.41, 5.74) is -0.459. The molecule has 0 saturated heterocycles. The van der Waals surface area contributed by atoms with Crippen LogP contribution in [0.4, 0.5) is 8.78 Å². The van der Waals surface area contributed by atoms with Gasteiger partial charge in [0.15, 0.2) is 0 Å². The lowest BCUT2D eigenvalue weighted by Crippen LogP contribution is -2.17. The maximum absolute atomic E-state index is 13.6. The largest absolute Gasteiger partial charge is 0.205 e. The minimum Gasteiger partial charge on any atom is -0.205 e. The molecule has 78 valence electrons. The van der Waals surface area contributed by atoms with E-state index >= 15 is 0 Å². The molecule has 0 aliphatic carbocycles. The predicted octanol–water partition coefficient (Wildman–Crippen LogP) is 4.79. The third kappa shape index (κ3) is 2.16. The summed E-state index contributed by atoms with van der Waals surface area (Å²) >= 11 is 6.10. The molecule has 0 aromatic heterocycles. The lowest BCUT2D eigenvalue weighted by Gasteiger charge is -2.21. The van der Waals surface area contributed by atoms with Crippen molar-refractivity contribution in [1.82, 2.24) is 0 Å². The van der Waals surface area contributed by atoms with Gasteiger partial charge >= 0.3 is 0 Å². The van der Waals surface area contributed by atoms with Crippen LogP contribution in [0, 0.1) is 11.6 Å². The second-order valence-electron chi connectivity index (χ2n) is 4.09. The molecule has 0 bridgehead atoms. The Hall–Kier alpha value is 0.0400. The molecule has 0 saturated carbocycles. The van der Waals surface area contributed by atoms with E-state index in [-0.39, 0.29) is 14.5 Å². The fourth-order valence-electron chi connectivity index (χ4n) is 1.23. The van der Waals surface area contributed by atoms with Gasteiger partial charge in [-0.1, -0.05) is 20.8 Å². The number of halogens is 4. The van der Waals surface area contributed by atoms with Gasteiger partial charge < -0.3 is 0 Å². The zero-order valence-electron chi connectivity index (χ0n) is 8.09. The van der Waals surface area contributed by atoms with Gasteiger partial charge in [-0.15, -0.1) is 0 Å². The Morgan fingerprint density at radius 2 is 1.36 bits per heavy atom. The molecule has 0 nitrogen and oxygen atoms in total. The van der Waals surface area contributed by atoms with E-state index in [4.69, 9.17) is 0 Å². The first-order valence-corrected chi connectivity index (χ1v) is 5.67. The van der Waals surface area contributed by atoms with Crippen LogP contribution < -0.4 is 0 Å². The van der Waals surface area contributed by atoms with Crippen molar-refractivity contribution in [2.45, 2.75) is 26.2 Å². The van der Waals surface area contributed by atoms with Crippen LogP contribution in [-0.2, 0) is 5.41 Å². The Morgan fingerprint density at radius 3 is 1.64 bits per heavy atom. The molecule has 14 heavy (non-hydrogen) atoms. The maximum atomic E-state index is 13.6. The van der Waals surface area contributed by atoms with Crippen molar-refractivity contribution in [3.63, 3.8) is 0 Å². The van der Waals surface area contributed by atoms with Gasteiger partial charge in [0, 0.05) is 5.56 Å². The van der Waals surface area contributed by atoms with Crippen LogP contribution >= 0.6 is 31.9 Å². The Balaban J connectivity index is 3.56. The van der Waals surface area contributed by atoms with E-state index in [0.717, 1.165) is 0 Å². The van der Waals surface area contributed by atoms with Crippen molar-refractivity contribution in [2.24, 2.45) is 0 Å². The molecule has 0 unspecified atom stereocenters. The minimum atomic E-state index is -0.555. The molecule has 0 fully saturated rings. The molecule has 1 rings (SSSR count). The third-order valence-electron chi connectivity index (χ3n) is 1.86. The number of rotatable bonds is 0. The van der Waals surface area contributed by atoms with Crippen molar-refractivity contribution in [3.05, 3.63) is 32.2 Å². The normalized spacial score (nSPS) is 11.9. The van der Waals surface area contributed by atoms with Crippen LogP contribution in [0.2, 0.25) is 0 Å². The second kappa shape index (κ2) is 3.89. The van der Waals surface area contributed by atoms with Gasteiger partial charge in [-0.2, -0.15) is 0 Å². The van der Waals surface area contributed by atoms with E-state index in [2.05, 4.69) is 31.9 Å².